The highest BCUT2D eigenvalue weighted by atomic mass is 32.1. The average molecular weight is 277 g/mol. The van der Waals surface area contributed by atoms with Crippen molar-refractivity contribution in [3.05, 3.63) is 44.1 Å². The van der Waals surface area contributed by atoms with Gasteiger partial charge in [0, 0.05) is 43.6 Å². The Balaban J connectivity index is 1.82. The van der Waals surface area contributed by atoms with Crippen LogP contribution >= 0.6 is 12.2 Å². The van der Waals surface area contributed by atoms with E-state index < -0.39 is 0 Å². The van der Waals surface area contributed by atoms with Crippen LogP contribution in [0.3, 0.4) is 0 Å². The minimum absolute atomic E-state index is 0.0794. The molecular formula is C12H15N5OS. The normalized spacial score (nSPS) is 15.4. The predicted molar refractivity (Wildman–Crippen MR) is 73.4 cm³/mol. The zero-order valence-corrected chi connectivity index (χ0v) is 11.4. The second-order valence-corrected chi connectivity index (χ2v) is 5.23. The fraction of sp³-hybridized carbons (Fsp3) is 0.417. The average Bonchev–Trinajstić information content (AvgIpc) is 2.75. The minimum atomic E-state index is -0.0794. The van der Waals surface area contributed by atoms with Gasteiger partial charge >= 0.3 is 0 Å². The Morgan fingerprint density at radius 1 is 1.42 bits per heavy atom. The van der Waals surface area contributed by atoms with E-state index in [0.717, 1.165) is 42.3 Å². The summed E-state index contributed by atoms with van der Waals surface area (Å²) >= 11 is 4.98. The smallest absolute Gasteiger partial charge is 0.256 e. The van der Waals surface area contributed by atoms with E-state index in [2.05, 4.69) is 24.8 Å². The lowest BCUT2D eigenvalue weighted by molar-refractivity contribution is 0.239. The van der Waals surface area contributed by atoms with Gasteiger partial charge in [0.05, 0.1) is 5.56 Å². The molecule has 0 amide bonds. The van der Waals surface area contributed by atoms with Gasteiger partial charge in [-0.25, -0.2) is 4.98 Å². The van der Waals surface area contributed by atoms with Gasteiger partial charge in [-0.15, -0.1) is 0 Å². The Bertz CT molecular complexity index is 713. The van der Waals surface area contributed by atoms with Crippen LogP contribution in [0.15, 0.2) is 11.0 Å². The molecule has 3 N–H and O–H groups in total. The summed E-state index contributed by atoms with van der Waals surface area (Å²) in [6.07, 6.45) is 2.66. The van der Waals surface area contributed by atoms with Gasteiger partial charge in [-0.2, -0.15) is 0 Å². The SMILES string of the molecule is Cc1ncc(CN2CCc3[nH]c(=S)[nH]c(=O)c3C2)[nH]1. The molecule has 3 rings (SSSR count). The maximum Gasteiger partial charge on any atom is 0.256 e. The quantitative estimate of drug-likeness (QED) is 0.716. The number of aromatic nitrogens is 4. The summed E-state index contributed by atoms with van der Waals surface area (Å²) in [5.74, 6) is 0.911. The third-order valence-corrected chi connectivity index (χ3v) is 3.54. The second kappa shape index (κ2) is 4.75. The van der Waals surface area contributed by atoms with Gasteiger partial charge in [-0.05, 0) is 19.1 Å². The van der Waals surface area contributed by atoms with Crippen molar-refractivity contribution >= 4 is 12.2 Å². The van der Waals surface area contributed by atoms with Gasteiger partial charge in [0.15, 0.2) is 4.77 Å². The van der Waals surface area contributed by atoms with Crippen molar-refractivity contribution in [3.8, 4) is 0 Å². The van der Waals surface area contributed by atoms with Gasteiger partial charge in [0.2, 0.25) is 0 Å². The monoisotopic (exact) mass is 277 g/mol. The Morgan fingerprint density at radius 2 is 2.26 bits per heavy atom. The zero-order chi connectivity index (χ0) is 13.4. The summed E-state index contributed by atoms with van der Waals surface area (Å²) in [4.78, 5) is 27.2. The first-order chi connectivity index (χ1) is 9.11. The molecule has 0 bridgehead atoms. The van der Waals surface area contributed by atoms with E-state index in [9.17, 15) is 4.79 Å². The van der Waals surface area contributed by atoms with Crippen molar-refractivity contribution < 1.29 is 0 Å². The van der Waals surface area contributed by atoms with E-state index in [4.69, 9.17) is 12.2 Å². The van der Waals surface area contributed by atoms with Crippen LogP contribution in [0.25, 0.3) is 0 Å². The number of fused-ring (bicyclic) bond motifs is 1. The van der Waals surface area contributed by atoms with Crippen LogP contribution < -0.4 is 5.56 Å². The molecule has 6 nitrogen and oxygen atoms in total. The number of nitrogens with zero attached hydrogens (tertiary/aromatic N) is 2. The first kappa shape index (κ1) is 12.3. The molecule has 0 aromatic carbocycles. The Labute approximate surface area is 114 Å². The molecular weight excluding hydrogens is 262 g/mol. The van der Waals surface area contributed by atoms with Gasteiger partial charge in [-0.1, -0.05) is 0 Å². The Kier molecular flexibility index (Phi) is 3.08. The highest BCUT2D eigenvalue weighted by Gasteiger charge is 2.20. The zero-order valence-electron chi connectivity index (χ0n) is 10.6. The molecule has 0 spiro atoms. The van der Waals surface area contributed by atoms with Crippen LogP contribution in [0.1, 0.15) is 22.8 Å². The minimum Gasteiger partial charge on any atom is -0.345 e. The van der Waals surface area contributed by atoms with E-state index in [-0.39, 0.29) is 5.56 Å². The predicted octanol–water partition coefficient (Wildman–Crippen LogP) is 1.02. The summed E-state index contributed by atoms with van der Waals surface area (Å²) in [7, 11) is 0. The molecule has 1 aliphatic rings. The molecule has 0 radical (unpaired) electrons. The van der Waals surface area contributed by atoms with Crippen LogP contribution in [-0.4, -0.2) is 31.4 Å². The molecule has 0 fully saturated rings. The molecule has 100 valence electrons. The van der Waals surface area contributed by atoms with Crippen LogP contribution in [0.2, 0.25) is 0 Å². The molecule has 7 heteroatoms. The number of aryl methyl sites for hydroxylation is 1. The molecule has 0 saturated heterocycles. The first-order valence-electron chi connectivity index (χ1n) is 6.19. The van der Waals surface area contributed by atoms with Gasteiger partial charge in [0.1, 0.15) is 5.82 Å². The lowest BCUT2D eigenvalue weighted by Crippen LogP contribution is -2.35. The van der Waals surface area contributed by atoms with E-state index in [0.29, 0.717) is 11.3 Å². The third kappa shape index (κ3) is 2.52. The summed E-state index contributed by atoms with van der Waals surface area (Å²) in [6, 6.07) is 0. The maximum atomic E-state index is 11.9. The fourth-order valence-corrected chi connectivity index (χ4v) is 2.66. The maximum absolute atomic E-state index is 11.9. The van der Waals surface area contributed by atoms with Gasteiger partial charge < -0.3 is 9.97 Å². The summed E-state index contributed by atoms with van der Waals surface area (Å²) in [5, 5.41) is 0. The van der Waals surface area contributed by atoms with Gasteiger partial charge in [-0.3, -0.25) is 14.7 Å². The molecule has 0 aliphatic carbocycles. The highest BCUT2D eigenvalue weighted by molar-refractivity contribution is 7.71. The standard InChI is InChI=1S/C12H15N5OS/c1-7-13-4-8(14-7)5-17-3-2-10-9(6-17)11(18)16-12(19)15-10/h4H,2-3,5-6H2,1H3,(H,13,14)(H2,15,16,18,19). The third-order valence-electron chi connectivity index (χ3n) is 3.34. The summed E-state index contributed by atoms with van der Waals surface area (Å²) in [6.45, 7) is 4.24. The Morgan fingerprint density at radius 3 is 3.00 bits per heavy atom. The van der Waals surface area contributed by atoms with E-state index in [1.807, 2.05) is 13.1 Å². The number of hydrogen-bond donors (Lipinski definition) is 3. The summed E-state index contributed by atoms with van der Waals surface area (Å²) in [5.41, 5.74) is 2.74. The molecule has 0 saturated carbocycles. The molecule has 2 aromatic rings. The molecule has 0 atom stereocenters. The van der Waals surface area contributed by atoms with E-state index in [1.54, 1.807) is 0 Å². The number of nitrogens with one attached hydrogen (secondary N) is 3. The fourth-order valence-electron chi connectivity index (χ4n) is 2.44. The molecule has 0 unspecified atom stereocenters. The number of imidazole rings is 1. The summed E-state index contributed by atoms with van der Waals surface area (Å²) < 4.78 is 0.404. The first-order valence-corrected chi connectivity index (χ1v) is 6.60. The van der Waals surface area contributed by atoms with Crippen molar-refractivity contribution in [2.45, 2.75) is 26.4 Å². The molecule has 3 heterocycles. The van der Waals surface area contributed by atoms with Crippen LogP contribution in [-0.2, 0) is 19.5 Å². The van der Waals surface area contributed by atoms with E-state index >= 15 is 0 Å². The molecule has 19 heavy (non-hydrogen) atoms. The van der Waals surface area contributed by atoms with Crippen molar-refractivity contribution in [1.82, 2.24) is 24.8 Å². The lowest BCUT2D eigenvalue weighted by atomic mass is 10.1. The van der Waals surface area contributed by atoms with E-state index in [1.165, 1.54) is 0 Å². The van der Waals surface area contributed by atoms with Crippen molar-refractivity contribution in [1.29, 1.82) is 0 Å². The second-order valence-electron chi connectivity index (χ2n) is 4.82. The van der Waals surface area contributed by atoms with Crippen LogP contribution in [0.5, 0.6) is 0 Å². The topological polar surface area (TPSA) is 80.6 Å². The largest absolute Gasteiger partial charge is 0.345 e. The van der Waals surface area contributed by atoms with Crippen molar-refractivity contribution in [2.24, 2.45) is 0 Å². The lowest BCUT2D eigenvalue weighted by Gasteiger charge is -2.27. The number of hydrogen-bond acceptors (Lipinski definition) is 4. The Hall–Kier alpha value is -1.73. The van der Waals surface area contributed by atoms with Crippen LogP contribution in [0.4, 0.5) is 0 Å². The van der Waals surface area contributed by atoms with Crippen molar-refractivity contribution in [2.75, 3.05) is 6.54 Å². The number of aromatic amines is 3. The number of H-pyrrole nitrogens is 3. The number of rotatable bonds is 2. The van der Waals surface area contributed by atoms with Crippen LogP contribution in [0, 0.1) is 11.7 Å². The van der Waals surface area contributed by atoms with Gasteiger partial charge in [0.25, 0.3) is 5.56 Å². The molecule has 1 aliphatic heterocycles. The molecule has 2 aromatic heterocycles. The highest BCUT2D eigenvalue weighted by Crippen LogP contribution is 2.15. The van der Waals surface area contributed by atoms with Crippen molar-refractivity contribution in [3.63, 3.8) is 0 Å².